The van der Waals surface area contributed by atoms with E-state index in [9.17, 15) is 0 Å². The number of aliphatic hydroxyl groups is 1. The molecular formula is C12H21NO2S. The molecule has 4 heteroatoms. The van der Waals surface area contributed by atoms with Crippen LogP contribution in [0.25, 0.3) is 0 Å². The van der Waals surface area contributed by atoms with Crippen LogP contribution in [0.1, 0.15) is 16.7 Å². The zero-order chi connectivity index (χ0) is 11.8. The van der Waals surface area contributed by atoms with Crippen molar-refractivity contribution < 1.29 is 9.84 Å². The lowest BCUT2D eigenvalue weighted by atomic mass is 10.2. The molecule has 92 valence electrons. The van der Waals surface area contributed by atoms with Crippen molar-refractivity contribution in [2.24, 2.45) is 0 Å². The summed E-state index contributed by atoms with van der Waals surface area (Å²) in [5, 5.41) is 11.9. The van der Waals surface area contributed by atoms with Gasteiger partial charge in [-0.25, -0.2) is 0 Å². The molecule has 0 aliphatic heterocycles. The Morgan fingerprint density at radius 3 is 2.88 bits per heavy atom. The number of thiophene rings is 1. The van der Waals surface area contributed by atoms with Gasteiger partial charge in [0.15, 0.2) is 0 Å². The first kappa shape index (κ1) is 13.6. The maximum atomic E-state index is 8.53. The summed E-state index contributed by atoms with van der Waals surface area (Å²) in [6.07, 6.45) is 1.07. The number of nitrogens with one attached hydrogen (secondary N) is 1. The SMILES string of the molecule is Cc1ccc(CC(C)NCCOCCO)s1. The fourth-order valence-corrected chi connectivity index (χ4v) is 2.53. The van der Waals surface area contributed by atoms with Crippen molar-refractivity contribution in [2.45, 2.75) is 26.3 Å². The van der Waals surface area contributed by atoms with Crippen LogP contribution in [0.5, 0.6) is 0 Å². The minimum absolute atomic E-state index is 0.101. The summed E-state index contributed by atoms with van der Waals surface area (Å²) in [7, 11) is 0. The third-order valence-corrected chi connectivity index (χ3v) is 3.30. The highest BCUT2D eigenvalue weighted by molar-refractivity contribution is 7.11. The number of hydrogen-bond donors (Lipinski definition) is 2. The second-order valence-electron chi connectivity index (χ2n) is 3.91. The molecule has 0 aliphatic carbocycles. The Hall–Kier alpha value is -0.420. The van der Waals surface area contributed by atoms with E-state index in [1.165, 1.54) is 9.75 Å². The molecular weight excluding hydrogens is 222 g/mol. The van der Waals surface area contributed by atoms with E-state index >= 15 is 0 Å². The predicted octanol–water partition coefficient (Wildman–Crippen LogP) is 1.59. The molecule has 1 atom stereocenters. The lowest BCUT2D eigenvalue weighted by molar-refractivity contribution is 0.0928. The highest BCUT2D eigenvalue weighted by atomic mass is 32.1. The number of ether oxygens (including phenoxy) is 1. The molecule has 0 spiro atoms. The monoisotopic (exact) mass is 243 g/mol. The number of rotatable bonds is 8. The van der Waals surface area contributed by atoms with Crippen molar-refractivity contribution >= 4 is 11.3 Å². The molecule has 3 nitrogen and oxygen atoms in total. The molecule has 1 unspecified atom stereocenters. The van der Waals surface area contributed by atoms with Gasteiger partial charge in [0, 0.05) is 22.3 Å². The first-order chi connectivity index (χ1) is 7.72. The summed E-state index contributed by atoms with van der Waals surface area (Å²) in [6.45, 7) is 6.35. The Morgan fingerprint density at radius 2 is 2.25 bits per heavy atom. The second kappa shape index (κ2) is 7.79. The Labute approximate surface area is 101 Å². The lowest BCUT2D eigenvalue weighted by Crippen LogP contribution is -2.31. The standard InChI is InChI=1S/C12H21NO2S/c1-10(13-5-7-15-8-6-14)9-12-4-3-11(2)16-12/h3-4,10,13-14H,5-9H2,1-2H3. The van der Waals surface area contributed by atoms with Gasteiger partial charge in [-0.3, -0.25) is 0 Å². The average molecular weight is 243 g/mol. The molecule has 0 radical (unpaired) electrons. The molecule has 0 saturated carbocycles. The van der Waals surface area contributed by atoms with Crippen LogP contribution >= 0.6 is 11.3 Å². The van der Waals surface area contributed by atoms with Gasteiger partial charge in [0.1, 0.15) is 0 Å². The summed E-state index contributed by atoms with van der Waals surface area (Å²) in [5.74, 6) is 0. The maximum absolute atomic E-state index is 8.53. The van der Waals surface area contributed by atoms with Crippen LogP contribution < -0.4 is 5.32 Å². The molecule has 0 aromatic carbocycles. The van der Waals surface area contributed by atoms with Gasteiger partial charge < -0.3 is 15.2 Å². The molecule has 1 heterocycles. The fraction of sp³-hybridized carbons (Fsp3) is 0.667. The zero-order valence-electron chi connectivity index (χ0n) is 10.0. The van der Waals surface area contributed by atoms with Crippen LogP contribution in [0, 0.1) is 6.92 Å². The van der Waals surface area contributed by atoms with E-state index in [1.54, 1.807) is 0 Å². The van der Waals surface area contributed by atoms with Gasteiger partial charge in [-0.15, -0.1) is 11.3 Å². The highest BCUT2D eigenvalue weighted by Crippen LogP contribution is 2.16. The van der Waals surface area contributed by atoms with Crippen molar-refractivity contribution in [3.8, 4) is 0 Å². The zero-order valence-corrected chi connectivity index (χ0v) is 10.8. The minimum Gasteiger partial charge on any atom is -0.394 e. The van der Waals surface area contributed by atoms with Gasteiger partial charge in [-0.1, -0.05) is 0 Å². The fourth-order valence-electron chi connectivity index (χ4n) is 1.51. The minimum atomic E-state index is 0.101. The summed E-state index contributed by atoms with van der Waals surface area (Å²) in [6, 6.07) is 4.83. The van der Waals surface area contributed by atoms with Crippen LogP contribution in [0.15, 0.2) is 12.1 Å². The molecule has 2 N–H and O–H groups in total. The van der Waals surface area contributed by atoms with Crippen LogP contribution in [0.2, 0.25) is 0 Å². The van der Waals surface area contributed by atoms with E-state index < -0.39 is 0 Å². The summed E-state index contributed by atoms with van der Waals surface area (Å²) in [4.78, 5) is 2.79. The van der Waals surface area contributed by atoms with Gasteiger partial charge in [0.2, 0.25) is 0 Å². The van der Waals surface area contributed by atoms with Gasteiger partial charge in [-0.2, -0.15) is 0 Å². The van der Waals surface area contributed by atoms with Crippen molar-refractivity contribution in [3.63, 3.8) is 0 Å². The lowest BCUT2D eigenvalue weighted by Gasteiger charge is -2.12. The normalized spacial score (nSPS) is 12.9. The van der Waals surface area contributed by atoms with Crippen molar-refractivity contribution in [1.82, 2.24) is 5.32 Å². The number of aryl methyl sites for hydroxylation is 1. The number of hydrogen-bond acceptors (Lipinski definition) is 4. The molecule has 1 aromatic heterocycles. The third-order valence-electron chi connectivity index (χ3n) is 2.28. The van der Waals surface area contributed by atoms with E-state index in [0.717, 1.165) is 13.0 Å². The molecule has 16 heavy (non-hydrogen) atoms. The van der Waals surface area contributed by atoms with Crippen LogP contribution in [-0.2, 0) is 11.2 Å². The van der Waals surface area contributed by atoms with Crippen LogP contribution in [-0.4, -0.2) is 37.5 Å². The molecule has 0 bridgehead atoms. The summed E-state index contributed by atoms with van der Waals surface area (Å²) < 4.78 is 5.18. The molecule has 0 amide bonds. The first-order valence-electron chi connectivity index (χ1n) is 5.69. The Morgan fingerprint density at radius 1 is 1.44 bits per heavy atom. The summed E-state index contributed by atoms with van der Waals surface area (Å²) in [5.41, 5.74) is 0. The van der Waals surface area contributed by atoms with Crippen molar-refractivity contribution in [1.29, 1.82) is 0 Å². The van der Waals surface area contributed by atoms with E-state index in [1.807, 2.05) is 11.3 Å². The molecule has 0 aliphatic rings. The Bertz CT molecular complexity index is 288. The summed E-state index contributed by atoms with van der Waals surface area (Å²) >= 11 is 1.86. The van der Waals surface area contributed by atoms with E-state index in [0.29, 0.717) is 19.3 Å². The predicted molar refractivity (Wildman–Crippen MR) is 68.1 cm³/mol. The van der Waals surface area contributed by atoms with Gasteiger partial charge in [-0.05, 0) is 32.4 Å². The van der Waals surface area contributed by atoms with Crippen molar-refractivity contribution in [2.75, 3.05) is 26.4 Å². The third kappa shape index (κ3) is 5.61. The van der Waals surface area contributed by atoms with Gasteiger partial charge in [0.25, 0.3) is 0 Å². The van der Waals surface area contributed by atoms with Crippen molar-refractivity contribution in [3.05, 3.63) is 21.9 Å². The van der Waals surface area contributed by atoms with Gasteiger partial charge >= 0.3 is 0 Å². The van der Waals surface area contributed by atoms with Crippen LogP contribution in [0.3, 0.4) is 0 Å². The van der Waals surface area contributed by atoms with E-state index in [2.05, 4.69) is 31.3 Å². The average Bonchev–Trinajstić information content (AvgIpc) is 2.63. The molecule has 0 fully saturated rings. The van der Waals surface area contributed by atoms with Crippen LogP contribution in [0.4, 0.5) is 0 Å². The van der Waals surface area contributed by atoms with E-state index in [-0.39, 0.29) is 6.61 Å². The van der Waals surface area contributed by atoms with Gasteiger partial charge in [0.05, 0.1) is 19.8 Å². The largest absolute Gasteiger partial charge is 0.394 e. The quantitative estimate of drug-likeness (QED) is 0.681. The molecule has 0 saturated heterocycles. The topological polar surface area (TPSA) is 41.5 Å². The second-order valence-corrected chi connectivity index (χ2v) is 5.28. The Balaban J connectivity index is 2.09. The smallest absolute Gasteiger partial charge is 0.0698 e. The maximum Gasteiger partial charge on any atom is 0.0698 e. The highest BCUT2D eigenvalue weighted by Gasteiger charge is 2.04. The first-order valence-corrected chi connectivity index (χ1v) is 6.51. The van der Waals surface area contributed by atoms with E-state index in [4.69, 9.17) is 9.84 Å². The Kier molecular flexibility index (Phi) is 6.64. The molecule has 1 rings (SSSR count). The number of aliphatic hydroxyl groups excluding tert-OH is 1. The molecule has 1 aromatic rings.